The van der Waals surface area contributed by atoms with Crippen LogP contribution in [-0.4, -0.2) is 56.0 Å². The summed E-state index contributed by atoms with van der Waals surface area (Å²) < 4.78 is 7.50. The Morgan fingerprint density at radius 3 is 2.38 bits per heavy atom. The van der Waals surface area contributed by atoms with Crippen molar-refractivity contribution in [3.63, 3.8) is 0 Å². The van der Waals surface area contributed by atoms with Gasteiger partial charge < -0.3 is 9.64 Å². The van der Waals surface area contributed by atoms with Gasteiger partial charge in [-0.15, -0.1) is 0 Å². The Morgan fingerprint density at radius 1 is 0.912 bits per heavy atom. The number of hydrogen-bond acceptors (Lipinski definition) is 7. The number of fused-ring (bicyclic) bond motifs is 2. The molecule has 3 aromatic heterocycles. The van der Waals surface area contributed by atoms with Crippen LogP contribution in [0.5, 0.6) is 0 Å². The Morgan fingerprint density at radius 2 is 1.71 bits per heavy atom. The third kappa shape index (κ3) is 4.14. The molecule has 0 atom stereocenters. The van der Waals surface area contributed by atoms with Gasteiger partial charge >= 0.3 is 0 Å². The van der Waals surface area contributed by atoms with E-state index >= 15 is 0 Å². The standard InChI is InChI=1S/C20H21N5O.C6H8N2/c1-12-13(2)22-19-18(21-12)17(16-6-4-14-3-5-15(14)11-16)23-20(24-19)25-7-9-26-10-8-25;1-4-7-8(5-1)6-2-3-6/h4,6,11H,3,5,7-10H2,1-2H3;1,4-6H,2-3H2. The van der Waals surface area contributed by atoms with Gasteiger partial charge in [0.05, 0.1) is 30.6 Å². The van der Waals surface area contributed by atoms with Crippen molar-refractivity contribution in [3.8, 4) is 11.3 Å². The van der Waals surface area contributed by atoms with E-state index in [4.69, 9.17) is 24.7 Å². The van der Waals surface area contributed by atoms with Gasteiger partial charge in [0.25, 0.3) is 0 Å². The summed E-state index contributed by atoms with van der Waals surface area (Å²) in [6.07, 6.45) is 8.82. The Bertz CT molecular complexity index is 1320. The molecule has 8 nitrogen and oxygen atoms in total. The fourth-order valence-corrected chi connectivity index (χ4v) is 4.38. The first-order chi connectivity index (χ1) is 16.7. The zero-order valence-electron chi connectivity index (χ0n) is 19.7. The minimum absolute atomic E-state index is 0.669. The number of nitrogens with zero attached hydrogens (tertiary/aromatic N) is 7. The highest BCUT2D eigenvalue weighted by atomic mass is 16.5. The Balaban J connectivity index is 0.000000228. The molecule has 1 aliphatic heterocycles. The molecule has 1 saturated heterocycles. The van der Waals surface area contributed by atoms with Crippen LogP contribution in [0.15, 0.2) is 36.7 Å². The lowest BCUT2D eigenvalue weighted by Crippen LogP contribution is -2.37. The predicted molar refractivity (Wildman–Crippen MR) is 131 cm³/mol. The zero-order valence-corrected chi connectivity index (χ0v) is 19.7. The fraction of sp³-hybridized carbons (Fsp3) is 0.423. The molecule has 2 fully saturated rings. The SMILES string of the molecule is Cc1nc2nc(N3CCOCC3)nc(-c3ccc4c(c3)CC4)c2nc1C.c1cnn(C2CC2)c1. The van der Waals surface area contributed by atoms with Gasteiger partial charge in [-0.1, -0.05) is 12.1 Å². The summed E-state index contributed by atoms with van der Waals surface area (Å²) in [4.78, 5) is 21.3. The van der Waals surface area contributed by atoms with Crippen LogP contribution in [0.25, 0.3) is 22.4 Å². The average Bonchev–Trinajstić information content (AvgIpc) is 3.55. The molecule has 0 radical (unpaired) electrons. The summed E-state index contributed by atoms with van der Waals surface area (Å²) in [5, 5.41) is 4.09. The number of aryl methyl sites for hydroxylation is 4. The molecular weight excluding hydrogens is 426 g/mol. The average molecular weight is 456 g/mol. The molecule has 174 valence electrons. The summed E-state index contributed by atoms with van der Waals surface area (Å²) in [7, 11) is 0. The van der Waals surface area contributed by atoms with Crippen LogP contribution in [0.4, 0.5) is 5.95 Å². The summed E-state index contributed by atoms with van der Waals surface area (Å²) >= 11 is 0. The summed E-state index contributed by atoms with van der Waals surface area (Å²) in [5.74, 6) is 0.719. The van der Waals surface area contributed by atoms with E-state index in [0.717, 1.165) is 59.7 Å². The van der Waals surface area contributed by atoms with Gasteiger partial charge in [-0.2, -0.15) is 10.1 Å². The van der Waals surface area contributed by atoms with Crippen molar-refractivity contribution < 1.29 is 4.74 Å². The van der Waals surface area contributed by atoms with E-state index in [-0.39, 0.29) is 0 Å². The Kier molecular flexibility index (Phi) is 5.45. The number of ether oxygens (including phenoxy) is 1. The predicted octanol–water partition coefficient (Wildman–Crippen LogP) is 3.86. The largest absolute Gasteiger partial charge is 0.378 e. The highest BCUT2D eigenvalue weighted by Gasteiger charge is 2.23. The smallest absolute Gasteiger partial charge is 0.228 e. The molecule has 34 heavy (non-hydrogen) atoms. The van der Waals surface area contributed by atoms with Crippen LogP contribution >= 0.6 is 0 Å². The molecular formula is C26H29N7O. The number of benzene rings is 1. The number of hydrogen-bond donors (Lipinski definition) is 0. The molecule has 0 bridgehead atoms. The van der Waals surface area contributed by atoms with Crippen LogP contribution in [0.3, 0.4) is 0 Å². The lowest BCUT2D eigenvalue weighted by molar-refractivity contribution is 0.122. The fourth-order valence-electron chi connectivity index (χ4n) is 4.38. The number of rotatable bonds is 3. The van der Waals surface area contributed by atoms with Crippen LogP contribution in [-0.2, 0) is 17.6 Å². The van der Waals surface area contributed by atoms with E-state index in [1.165, 1.54) is 30.4 Å². The second kappa shape index (κ2) is 8.76. The maximum absolute atomic E-state index is 5.47. The molecule has 4 aromatic rings. The second-order valence-corrected chi connectivity index (χ2v) is 9.24. The summed E-state index contributed by atoms with van der Waals surface area (Å²) in [6, 6.07) is 9.33. The van der Waals surface area contributed by atoms with Gasteiger partial charge in [0.15, 0.2) is 5.65 Å². The van der Waals surface area contributed by atoms with Crippen molar-refractivity contribution in [2.75, 3.05) is 31.2 Å². The third-order valence-electron chi connectivity index (χ3n) is 6.81. The molecule has 7 rings (SSSR count). The topological polar surface area (TPSA) is 81.8 Å². The molecule has 0 spiro atoms. The third-order valence-corrected chi connectivity index (χ3v) is 6.81. The maximum Gasteiger partial charge on any atom is 0.228 e. The highest BCUT2D eigenvalue weighted by Crippen LogP contribution is 2.33. The number of aromatic nitrogens is 6. The summed E-state index contributed by atoms with van der Waals surface area (Å²) in [6.45, 7) is 6.96. The zero-order chi connectivity index (χ0) is 23.1. The lowest BCUT2D eigenvalue weighted by Gasteiger charge is -2.27. The Labute approximate surface area is 199 Å². The molecule has 1 saturated carbocycles. The quantitative estimate of drug-likeness (QED) is 0.464. The molecule has 0 amide bonds. The van der Waals surface area contributed by atoms with Crippen LogP contribution < -0.4 is 4.90 Å². The second-order valence-electron chi connectivity index (χ2n) is 9.24. The van der Waals surface area contributed by atoms with Crippen LogP contribution in [0, 0.1) is 13.8 Å². The molecule has 0 unspecified atom stereocenters. The first-order valence-electron chi connectivity index (χ1n) is 12.1. The van der Waals surface area contributed by atoms with E-state index in [1.807, 2.05) is 37.0 Å². The van der Waals surface area contributed by atoms with Crippen molar-refractivity contribution >= 4 is 17.1 Å². The van der Waals surface area contributed by atoms with Gasteiger partial charge in [0.2, 0.25) is 5.95 Å². The lowest BCUT2D eigenvalue weighted by atomic mass is 9.87. The van der Waals surface area contributed by atoms with Crippen molar-refractivity contribution in [1.82, 2.24) is 29.7 Å². The first-order valence-corrected chi connectivity index (χ1v) is 12.1. The minimum Gasteiger partial charge on any atom is -0.378 e. The molecule has 4 heterocycles. The van der Waals surface area contributed by atoms with E-state index in [2.05, 4.69) is 28.2 Å². The monoisotopic (exact) mass is 455 g/mol. The van der Waals surface area contributed by atoms with Crippen LogP contribution in [0.1, 0.15) is 41.4 Å². The molecule has 1 aromatic carbocycles. The maximum atomic E-state index is 5.47. The van der Waals surface area contributed by atoms with Gasteiger partial charge in [-0.3, -0.25) is 4.68 Å². The van der Waals surface area contributed by atoms with E-state index in [0.29, 0.717) is 18.9 Å². The van der Waals surface area contributed by atoms with E-state index < -0.39 is 0 Å². The van der Waals surface area contributed by atoms with Gasteiger partial charge in [-0.25, -0.2) is 15.0 Å². The van der Waals surface area contributed by atoms with Crippen molar-refractivity contribution in [1.29, 1.82) is 0 Å². The number of morpholine rings is 1. The number of anilines is 1. The van der Waals surface area contributed by atoms with Crippen molar-refractivity contribution in [3.05, 3.63) is 59.2 Å². The van der Waals surface area contributed by atoms with Gasteiger partial charge in [0, 0.05) is 31.0 Å². The molecule has 3 aliphatic rings. The molecule has 0 N–H and O–H groups in total. The first kappa shape index (κ1) is 21.2. The summed E-state index contributed by atoms with van der Waals surface area (Å²) in [5.41, 5.74) is 8.12. The normalized spacial score (nSPS) is 17.1. The van der Waals surface area contributed by atoms with Crippen LogP contribution in [0.2, 0.25) is 0 Å². The van der Waals surface area contributed by atoms with E-state index in [1.54, 1.807) is 0 Å². The molecule has 8 heteroatoms. The van der Waals surface area contributed by atoms with Gasteiger partial charge in [0.1, 0.15) is 11.2 Å². The molecule has 2 aliphatic carbocycles. The highest BCUT2D eigenvalue weighted by molar-refractivity contribution is 5.88. The van der Waals surface area contributed by atoms with Gasteiger partial charge in [-0.05, 0) is 62.8 Å². The minimum atomic E-state index is 0.669. The Hall–Kier alpha value is -3.39. The van der Waals surface area contributed by atoms with Crippen molar-refractivity contribution in [2.45, 2.75) is 45.6 Å². The van der Waals surface area contributed by atoms with E-state index in [9.17, 15) is 0 Å². The van der Waals surface area contributed by atoms with Crippen molar-refractivity contribution in [2.24, 2.45) is 0 Å².